The van der Waals surface area contributed by atoms with Crippen molar-refractivity contribution in [3.05, 3.63) is 41.7 Å². The van der Waals surface area contributed by atoms with Crippen molar-refractivity contribution in [3.8, 4) is 11.5 Å². The lowest BCUT2D eigenvalue weighted by Gasteiger charge is -2.07. The maximum Gasteiger partial charge on any atom is 0.167 e. The van der Waals surface area contributed by atoms with Crippen molar-refractivity contribution >= 4 is 5.78 Å². The first-order valence-electron chi connectivity index (χ1n) is 5.86. The Balaban J connectivity index is 2.22. The summed E-state index contributed by atoms with van der Waals surface area (Å²) in [5, 5.41) is 4.05. The molecule has 1 aromatic carbocycles. The quantitative estimate of drug-likeness (QED) is 0.770. The van der Waals surface area contributed by atoms with Crippen LogP contribution in [0, 0.1) is 0 Å². The molecule has 1 aromatic heterocycles. The van der Waals surface area contributed by atoms with Gasteiger partial charge in [-0.05, 0) is 17.7 Å². The van der Waals surface area contributed by atoms with Gasteiger partial charge < -0.3 is 9.47 Å². The van der Waals surface area contributed by atoms with Gasteiger partial charge in [-0.2, -0.15) is 5.10 Å². The number of Topliss-reactive ketones (excluding diaryl/α,β-unsaturated/α-hetero) is 1. The molecule has 0 aliphatic heterocycles. The Bertz CT molecular complexity index is 568. The standard InChI is InChI=1S/C14H16N2O3/c1-16-9-10(8-15-16)4-14(17)11-5-12(18-2)7-13(6-11)19-3/h5-9H,4H2,1-3H3. The second kappa shape index (κ2) is 5.56. The third kappa shape index (κ3) is 3.13. The van der Waals surface area contributed by atoms with Crippen LogP contribution in [0.25, 0.3) is 0 Å². The van der Waals surface area contributed by atoms with E-state index in [4.69, 9.17) is 9.47 Å². The van der Waals surface area contributed by atoms with E-state index in [1.807, 2.05) is 13.2 Å². The van der Waals surface area contributed by atoms with Gasteiger partial charge in [-0.1, -0.05) is 0 Å². The van der Waals surface area contributed by atoms with Crippen molar-refractivity contribution in [1.82, 2.24) is 9.78 Å². The van der Waals surface area contributed by atoms with E-state index < -0.39 is 0 Å². The van der Waals surface area contributed by atoms with Crippen LogP contribution in [0.15, 0.2) is 30.6 Å². The van der Waals surface area contributed by atoms with Crippen molar-refractivity contribution in [3.63, 3.8) is 0 Å². The lowest BCUT2D eigenvalue weighted by atomic mass is 10.0. The van der Waals surface area contributed by atoms with Gasteiger partial charge in [0.05, 0.1) is 20.4 Å². The van der Waals surface area contributed by atoms with Crippen LogP contribution >= 0.6 is 0 Å². The van der Waals surface area contributed by atoms with E-state index in [1.165, 1.54) is 0 Å². The Labute approximate surface area is 111 Å². The largest absolute Gasteiger partial charge is 0.497 e. The van der Waals surface area contributed by atoms with Crippen LogP contribution in [-0.4, -0.2) is 29.8 Å². The predicted molar refractivity (Wildman–Crippen MR) is 70.8 cm³/mol. The summed E-state index contributed by atoms with van der Waals surface area (Å²) < 4.78 is 12.0. The highest BCUT2D eigenvalue weighted by Crippen LogP contribution is 2.23. The molecule has 19 heavy (non-hydrogen) atoms. The number of ketones is 1. The number of methoxy groups -OCH3 is 2. The van der Waals surface area contributed by atoms with Crippen molar-refractivity contribution in [1.29, 1.82) is 0 Å². The number of ether oxygens (including phenoxy) is 2. The lowest BCUT2D eigenvalue weighted by Crippen LogP contribution is -2.04. The molecule has 0 aliphatic carbocycles. The fraction of sp³-hybridized carbons (Fsp3) is 0.286. The molecule has 0 radical (unpaired) electrons. The molecule has 0 unspecified atom stereocenters. The number of hydrogen-bond donors (Lipinski definition) is 0. The molecule has 0 spiro atoms. The van der Waals surface area contributed by atoms with Gasteiger partial charge in [0.15, 0.2) is 5.78 Å². The van der Waals surface area contributed by atoms with Gasteiger partial charge in [0.25, 0.3) is 0 Å². The lowest BCUT2D eigenvalue weighted by molar-refractivity contribution is 0.0992. The number of rotatable bonds is 5. The summed E-state index contributed by atoms with van der Waals surface area (Å²) in [5.74, 6) is 1.22. The van der Waals surface area contributed by atoms with E-state index >= 15 is 0 Å². The number of carbonyl (C=O) groups is 1. The van der Waals surface area contributed by atoms with Crippen molar-refractivity contribution < 1.29 is 14.3 Å². The van der Waals surface area contributed by atoms with Gasteiger partial charge in [0.2, 0.25) is 0 Å². The van der Waals surface area contributed by atoms with Crippen LogP contribution in [0.5, 0.6) is 11.5 Å². The van der Waals surface area contributed by atoms with Gasteiger partial charge >= 0.3 is 0 Å². The van der Waals surface area contributed by atoms with Crippen LogP contribution in [-0.2, 0) is 13.5 Å². The molecule has 0 amide bonds. The molecule has 0 N–H and O–H groups in total. The average Bonchev–Trinajstić information content (AvgIpc) is 2.83. The maximum atomic E-state index is 12.2. The fourth-order valence-electron chi connectivity index (χ4n) is 1.82. The minimum Gasteiger partial charge on any atom is -0.497 e. The summed E-state index contributed by atoms with van der Waals surface area (Å²) in [6.07, 6.45) is 3.83. The molecule has 5 nitrogen and oxygen atoms in total. The van der Waals surface area contributed by atoms with Crippen molar-refractivity contribution in [2.75, 3.05) is 14.2 Å². The molecular weight excluding hydrogens is 244 g/mol. The molecule has 100 valence electrons. The Kier molecular flexibility index (Phi) is 3.85. The Hall–Kier alpha value is -2.30. The van der Waals surface area contributed by atoms with E-state index in [2.05, 4.69) is 5.10 Å². The molecule has 0 saturated carbocycles. The summed E-state index contributed by atoms with van der Waals surface area (Å²) >= 11 is 0. The Morgan fingerprint density at radius 1 is 1.21 bits per heavy atom. The van der Waals surface area contributed by atoms with Crippen molar-refractivity contribution in [2.24, 2.45) is 7.05 Å². The second-order valence-electron chi connectivity index (χ2n) is 4.22. The highest BCUT2D eigenvalue weighted by Gasteiger charge is 2.11. The van der Waals surface area contributed by atoms with Crippen LogP contribution in [0.1, 0.15) is 15.9 Å². The minimum absolute atomic E-state index is 0.00481. The molecule has 0 saturated heterocycles. The number of carbonyl (C=O) groups excluding carboxylic acids is 1. The first-order chi connectivity index (χ1) is 9.12. The first-order valence-corrected chi connectivity index (χ1v) is 5.86. The summed E-state index contributed by atoms with van der Waals surface area (Å²) in [5.41, 5.74) is 1.45. The number of benzene rings is 1. The number of nitrogens with zero attached hydrogens (tertiary/aromatic N) is 2. The van der Waals surface area contributed by atoms with Gasteiger partial charge in [-0.25, -0.2) is 0 Å². The first kappa shape index (κ1) is 13.1. The highest BCUT2D eigenvalue weighted by molar-refractivity contribution is 5.98. The van der Waals surface area contributed by atoms with Crippen LogP contribution < -0.4 is 9.47 Å². The number of aryl methyl sites for hydroxylation is 1. The summed E-state index contributed by atoms with van der Waals surface area (Å²) in [4.78, 5) is 12.2. The van der Waals surface area contributed by atoms with Crippen LogP contribution in [0.4, 0.5) is 0 Å². The minimum atomic E-state index is 0.00481. The SMILES string of the molecule is COc1cc(OC)cc(C(=O)Cc2cnn(C)c2)c1. The number of aromatic nitrogens is 2. The normalized spacial score (nSPS) is 10.3. The molecule has 2 rings (SSSR count). The zero-order valence-electron chi connectivity index (χ0n) is 11.2. The average molecular weight is 260 g/mol. The van der Waals surface area contributed by atoms with Gasteiger partial charge in [0, 0.05) is 31.3 Å². The van der Waals surface area contributed by atoms with E-state index in [-0.39, 0.29) is 5.78 Å². The molecule has 2 aromatic rings. The van der Waals surface area contributed by atoms with Gasteiger partial charge in [-0.3, -0.25) is 9.48 Å². The van der Waals surface area contributed by atoms with E-state index in [0.29, 0.717) is 23.5 Å². The van der Waals surface area contributed by atoms with Gasteiger partial charge in [-0.15, -0.1) is 0 Å². The molecular formula is C14H16N2O3. The molecule has 0 aliphatic rings. The smallest absolute Gasteiger partial charge is 0.167 e. The molecule has 0 atom stereocenters. The van der Waals surface area contributed by atoms with Crippen LogP contribution in [0.3, 0.4) is 0 Å². The van der Waals surface area contributed by atoms with Gasteiger partial charge in [0.1, 0.15) is 11.5 Å². The third-order valence-corrected chi connectivity index (χ3v) is 2.80. The maximum absolute atomic E-state index is 12.2. The van der Waals surface area contributed by atoms with E-state index in [0.717, 1.165) is 5.56 Å². The summed E-state index contributed by atoms with van der Waals surface area (Å²) in [7, 11) is 4.94. The van der Waals surface area contributed by atoms with E-state index in [9.17, 15) is 4.79 Å². The number of hydrogen-bond acceptors (Lipinski definition) is 4. The molecule has 0 bridgehead atoms. The summed E-state index contributed by atoms with van der Waals surface area (Å²) in [6.45, 7) is 0. The topological polar surface area (TPSA) is 53.4 Å². The summed E-state index contributed by atoms with van der Waals surface area (Å²) in [6, 6.07) is 5.16. The second-order valence-corrected chi connectivity index (χ2v) is 4.22. The fourth-order valence-corrected chi connectivity index (χ4v) is 1.82. The predicted octanol–water partition coefficient (Wildman–Crippen LogP) is 1.86. The highest BCUT2D eigenvalue weighted by atomic mass is 16.5. The third-order valence-electron chi connectivity index (χ3n) is 2.80. The zero-order valence-corrected chi connectivity index (χ0v) is 11.2. The molecule has 0 fully saturated rings. The molecule has 1 heterocycles. The molecule has 5 heteroatoms. The Morgan fingerprint density at radius 3 is 2.32 bits per heavy atom. The van der Waals surface area contributed by atoms with E-state index in [1.54, 1.807) is 43.3 Å². The Morgan fingerprint density at radius 2 is 1.84 bits per heavy atom. The monoisotopic (exact) mass is 260 g/mol. The van der Waals surface area contributed by atoms with Crippen LogP contribution in [0.2, 0.25) is 0 Å². The zero-order chi connectivity index (χ0) is 13.8. The van der Waals surface area contributed by atoms with Crippen molar-refractivity contribution in [2.45, 2.75) is 6.42 Å².